The van der Waals surface area contributed by atoms with E-state index in [1.54, 1.807) is 24.3 Å². The first-order valence-electron chi connectivity index (χ1n) is 6.55. The second kappa shape index (κ2) is 6.96. The number of ether oxygens (including phenoxy) is 1. The molecular weight excluding hydrogens is 313 g/mol. The summed E-state index contributed by atoms with van der Waals surface area (Å²) in [5, 5.41) is 0.940. The van der Waals surface area contributed by atoms with Crippen LogP contribution in [0.3, 0.4) is 0 Å². The summed E-state index contributed by atoms with van der Waals surface area (Å²) in [7, 11) is 1.32. The van der Waals surface area contributed by atoms with Gasteiger partial charge >= 0.3 is 5.97 Å². The highest BCUT2D eigenvalue weighted by atomic mass is 35.5. The molecule has 1 fully saturated rings. The molecule has 0 spiro atoms. The lowest BCUT2D eigenvalue weighted by Crippen LogP contribution is -2.40. The minimum Gasteiger partial charge on any atom is -0.467 e. The number of carbonyl (C=O) groups is 2. The van der Waals surface area contributed by atoms with Crippen LogP contribution in [0.1, 0.15) is 18.4 Å². The van der Waals surface area contributed by atoms with Crippen molar-refractivity contribution in [2.45, 2.75) is 18.9 Å². The van der Waals surface area contributed by atoms with E-state index in [1.807, 2.05) is 0 Å². The van der Waals surface area contributed by atoms with Crippen LogP contribution in [0.4, 0.5) is 0 Å². The predicted octanol–water partition coefficient (Wildman–Crippen LogP) is 3.17. The summed E-state index contributed by atoms with van der Waals surface area (Å²) in [6.45, 7) is 0.541. The molecule has 0 bridgehead atoms. The number of rotatable bonds is 3. The van der Waals surface area contributed by atoms with Gasteiger partial charge in [0.2, 0.25) is 5.91 Å². The van der Waals surface area contributed by atoms with Crippen molar-refractivity contribution in [3.05, 3.63) is 39.9 Å². The van der Waals surface area contributed by atoms with Crippen LogP contribution >= 0.6 is 23.2 Å². The summed E-state index contributed by atoms with van der Waals surface area (Å²) in [5.74, 6) is -0.635. The van der Waals surface area contributed by atoms with Gasteiger partial charge in [-0.05, 0) is 31.1 Å². The van der Waals surface area contributed by atoms with Crippen LogP contribution in [0.2, 0.25) is 10.0 Å². The molecule has 0 aromatic heterocycles. The molecule has 4 nitrogen and oxygen atoms in total. The second-order valence-corrected chi connectivity index (χ2v) is 5.50. The molecule has 1 amide bonds. The largest absolute Gasteiger partial charge is 0.467 e. The van der Waals surface area contributed by atoms with Crippen LogP contribution in [0.15, 0.2) is 24.3 Å². The minimum absolute atomic E-state index is 0.251. The molecule has 1 aromatic carbocycles. The first-order chi connectivity index (χ1) is 10.0. The molecule has 21 heavy (non-hydrogen) atoms. The Labute approximate surface area is 133 Å². The van der Waals surface area contributed by atoms with Gasteiger partial charge in [-0.3, -0.25) is 4.79 Å². The lowest BCUT2D eigenvalue weighted by Gasteiger charge is -2.21. The van der Waals surface area contributed by atoms with E-state index in [9.17, 15) is 9.59 Å². The third kappa shape index (κ3) is 3.57. The monoisotopic (exact) mass is 327 g/mol. The van der Waals surface area contributed by atoms with E-state index in [0.717, 1.165) is 6.42 Å². The van der Waals surface area contributed by atoms with E-state index in [0.29, 0.717) is 28.6 Å². The van der Waals surface area contributed by atoms with Gasteiger partial charge in [-0.2, -0.15) is 0 Å². The van der Waals surface area contributed by atoms with Gasteiger partial charge in [0.05, 0.1) is 7.11 Å². The number of nitrogens with zero attached hydrogens (tertiary/aromatic N) is 1. The molecule has 0 saturated carbocycles. The van der Waals surface area contributed by atoms with E-state index in [1.165, 1.54) is 18.1 Å². The van der Waals surface area contributed by atoms with Gasteiger partial charge < -0.3 is 9.64 Å². The van der Waals surface area contributed by atoms with Crippen molar-refractivity contribution in [2.24, 2.45) is 0 Å². The second-order valence-electron chi connectivity index (χ2n) is 4.68. The zero-order valence-electron chi connectivity index (χ0n) is 11.5. The minimum atomic E-state index is -0.506. The van der Waals surface area contributed by atoms with Crippen molar-refractivity contribution >= 4 is 41.2 Å². The van der Waals surface area contributed by atoms with E-state index < -0.39 is 6.04 Å². The Hall–Kier alpha value is -1.52. The van der Waals surface area contributed by atoms with Gasteiger partial charge in [-0.1, -0.05) is 29.3 Å². The Bertz CT molecular complexity index is 566. The highest BCUT2D eigenvalue weighted by molar-refractivity contribution is 6.37. The lowest BCUT2D eigenvalue weighted by atomic mass is 10.2. The molecule has 0 aliphatic carbocycles. The zero-order chi connectivity index (χ0) is 15.4. The van der Waals surface area contributed by atoms with Crippen LogP contribution in [0.5, 0.6) is 0 Å². The fraction of sp³-hybridized carbons (Fsp3) is 0.333. The summed E-state index contributed by atoms with van der Waals surface area (Å²) < 4.78 is 4.72. The van der Waals surface area contributed by atoms with E-state index in [4.69, 9.17) is 27.9 Å². The van der Waals surface area contributed by atoms with Gasteiger partial charge in [0.15, 0.2) is 0 Å². The van der Waals surface area contributed by atoms with Crippen molar-refractivity contribution in [1.29, 1.82) is 0 Å². The lowest BCUT2D eigenvalue weighted by molar-refractivity contribution is -0.149. The topological polar surface area (TPSA) is 46.6 Å². The first kappa shape index (κ1) is 15.9. The number of benzene rings is 1. The van der Waals surface area contributed by atoms with Crippen molar-refractivity contribution in [3.8, 4) is 0 Å². The molecule has 1 atom stereocenters. The molecule has 1 heterocycles. The highest BCUT2D eigenvalue weighted by Gasteiger charge is 2.33. The van der Waals surface area contributed by atoms with Crippen LogP contribution in [0.25, 0.3) is 6.08 Å². The van der Waals surface area contributed by atoms with Gasteiger partial charge in [-0.15, -0.1) is 0 Å². The summed E-state index contributed by atoms with van der Waals surface area (Å²) in [5.41, 5.74) is 0.586. The van der Waals surface area contributed by atoms with Gasteiger partial charge in [-0.25, -0.2) is 4.79 Å². The molecule has 1 aliphatic rings. The molecule has 0 N–H and O–H groups in total. The van der Waals surface area contributed by atoms with Crippen LogP contribution in [-0.2, 0) is 14.3 Å². The summed E-state index contributed by atoms with van der Waals surface area (Å²) >= 11 is 12.1. The number of amides is 1. The van der Waals surface area contributed by atoms with Crippen LogP contribution in [-0.4, -0.2) is 36.5 Å². The maximum absolute atomic E-state index is 12.2. The molecule has 1 saturated heterocycles. The molecule has 0 radical (unpaired) electrons. The molecule has 1 unspecified atom stereocenters. The van der Waals surface area contributed by atoms with E-state index in [-0.39, 0.29) is 11.9 Å². The molecule has 2 rings (SSSR count). The maximum Gasteiger partial charge on any atom is 0.328 e. The highest BCUT2D eigenvalue weighted by Crippen LogP contribution is 2.26. The summed E-state index contributed by atoms with van der Waals surface area (Å²) in [6, 6.07) is 4.63. The predicted molar refractivity (Wildman–Crippen MR) is 82.2 cm³/mol. The quantitative estimate of drug-likeness (QED) is 0.632. The van der Waals surface area contributed by atoms with Crippen LogP contribution in [0, 0.1) is 0 Å². The average Bonchev–Trinajstić information content (AvgIpc) is 2.95. The molecule has 1 aliphatic heterocycles. The van der Waals surface area contributed by atoms with Crippen molar-refractivity contribution in [2.75, 3.05) is 13.7 Å². The Morgan fingerprint density at radius 1 is 1.33 bits per heavy atom. The summed E-state index contributed by atoms with van der Waals surface area (Å²) in [4.78, 5) is 25.4. The molecule has 6 heteroatoms. The third-order valence-electron chi connectivity index (χ3n) is 3.40. The number of hydrogen-bond acceptors (Lipinski definition) is 3. The SMILES string of the molecule is COC(=O)C1CCCN1C(=O)/C=C/c1c(Cl)cccc1Cl. The summed E-state index contributed by atoms with van der Waals surface area (Å²) in [6.07, 6.45) is 4.36. The molecular formula is C15H15Cl2NO3. The van der Waals surface area contributed by atoms with Crippen molar-refractivity contribution in [1.82, 2.24) is 4.90 Å². The van der Waals surface area contributed by atoms with Gasteiger partial charge in [0.25, 0.3) is 0 Å². The number of likely N-dealkylation sites (tertiary alicyclic amines) is 1. The molecule has 112 valence electrons. The van der Waals surface area contributed by atoms with Gasteiger partial charge in [0, 0.05) is 28.2 Å². The Morgan fingerprint density at radius 2 is 2.00 bits per heavy atom. The maximum atomic E-state index is 12.2. The standard InChI is InChI=1S/C15H15Cl2NO3/c1-21-15(20)13-6-3-9-18(13)14(19)8-7-10-11(16)4-2-5-12(10)17/h2,4-5,7-8,13H,3,6,9H2,1H3/b8-7+. The van der Waals surface area contributed by atoms with Crippen LogP contribution < -0.4 is 0 Å². The Morgan fingerprint density at radius 3 is 2.62 bits per heavy atom. The number of hydrogen-bond donors (Lipinski definition) is 0. The fourth-order valence-corrected chi connectivity index (χ4v) is 2.86. The smallest absolute Gasteiger partial charge is 0.328 e. The zero-order valence-corrected chi connectivity index (χ0v) is 13.0. The number of methoxy groups -OCH3 is 1. The van der Waals surface area contributed by atoms with Crippen molar-refractivity contribution in [3.63, 3.8) is 0 Å². The molecule has 1 aromatic rings. The number of esters is 1. The normalized spacial score (nSPS) is 18.2. The van der Waals surface area contributed by atoms with Gasteiger partial charge in [0.1, 0.15) is 6.04 Å². The Kier molecular flexibility index (Phi) is 5.26. The number of carbonyl (C=O) groups excluding carboxylic acids is 2. The third-order valence-corrected chi connectivity index (χ3v) is 4.06. The fourth-order valence-electron chi connectivity index (χ4n) is 2.33. The van der Waals surface area contributed by atoms with Crippen molar-refractivity contribution < 1.29 is 14.3 Å². The van der Waals surface area contributed by atoms with E-state index in [2.05, 4.69) is 0 Å². The average molecular weight is 328 g/mol. The van der Waals surface area contributed by atoms with E-state index >= 15 is 0 Å². The number of halogens is 2. The Balaban J connectivity index is 2.14. The first-order valence-corrected chi connectivity index (χ1v) is 7.30.